The molecule has 0 unspecified atom stereocenters. The van der Waals surface area contributed by atoms with Gasteiger partial charge < -0.3 is 9.47 Å². The molecule has 1 aliphatic heterocycles. The Bertz CT molecular complexity index is 680. The fourth-order valence-corrected chi connectivity index (χ4v) is 3.51. The van der Waals surface area contributed by atoms with Crippen molar-refractivity contribution in [2.24, 2.45) is 0 Å². The number of hydrogen-bond acceptors (Lipinski definition) is 3. The summed E-state index contributed by atoms with van der Waals surface area (Å²) >= 11 is 0. The molecule has 3 nitrogen and oxygen atoms in total. The lowest BCUT2D eigenvalue weighted by atomic mass is 9.90. The van der Waals surface area contributed by atoms with E-state index in [1.54, 1.807) is 0 Å². The fraction of sp³-hybridized carbons (Fsp3) is 0.235. The van der Waals surface area contributed by atoms with Crippen LogP contribution < -0.4 is 4.74 Å². The monoisotopic (exact) mass is 266 g/mol. The van der Waals surface area contributed by atoms with Crippen LogP contribution in [0.4, 0.5) is 0 Å². The number of rotatable bonds is 2. The highest BCUT2D eigenvalue weighted by Gasteiger charge is 2.78. The second-order valence-electron chi connectivity index (χ2n) is 5.28. The lowest BCUT2D eigenvalue weighted by Crippen LogP contribution is -2.24. The van der Waals surface area contributed by atoms with Crippen molar-refractivity contribution in [3.05, 3.63) is 65.7 Å². The van der Waals surface area contributed by atoms with Crippen molar-refractivity contribution in [2.75, 3.05) is 7.11 Å². The van der Waals surface area contributed by atoms with E-state index in [9.17, 15) is 4.79 Å². The molecule has 2 aromatic rings. The number of methoxy groups -OCH3 is 1. The quantitative estimate of drug-likeness (QED) is 0.784. The van der Waals surface area contributed by atoms with Crippen LogP contribution in [0.25, 0.3) is 0 Å². The van der Waals surface area contributed by atoms with E-state index in [0.717, 1.165) is 16.9 Å². The standard InChI is InChI=1S/C17H14O3/c1-19-16(18)17-12-9-5-6-10-13(12)20-15(17)14(17)11-7-3-2-4-8-11/h2-10,14-15H,1H3/t14-,15-,17-/m1/s1. The summed E-state index contributed by atoms with van der Waals surface area (Å²) in [4.78, 5) is 12.4. The average molecular weight is 266 g/mol. The van der Waals surface area contributed by atoms with E-state index >= 15 is 0 Å². The normalized spacial score (nSPS) is 29.1. The largest absolute Gasteiger partial charge is 0.488 e. The van der Waals surface area contributed by atoms with Gasteiger partial charge in [0.15, 0.2) is 0 Å². The van der Waals surface area contributed by atoms with Crippen LogP contribution in [0.1, 0.15) is 17.0 Å². The van der Waals surface area contributed by atoms with Crippen molar-refractivity contribution in [2.45, 2.75) is 17.4 Å². The molecule has 2 aliphatic rings. The predicted octanol–water partition coefficient (Wildman–Crippen LogP) is 2.66. The zero-order valence-electron chi connectivity index (χ0n) is 11.1. The maximum Gasteiger partial charge on any atom is 0.321 e. The van der Waals surface area contributed by atoms with Gasteiger partial charge in [0.2, 0.25) is 0 Å². The zero-order chi connectivity index (χ0) is 13.7. The van der Waals surface area contributed by atoms with E-state index in [4.69, 9.17) is 9.47 Å². The van der Waals surface area contributed by atoms with Crippen LogP contribution >= 0.6 is 0 Å². The molecule has 4 rings (SSSR count). The summed E-state index contributed by atoms with van der Waals surface area (Å²) in [6.45, 7) is 0. The number of para-hydroxylation sites is 1. The summed E-state index contributed by atoms with van der Waals surface area (Å²) < 4.78 is 11.0. The molecule has 1 heterocycles. The van der Waals surface area contributed by atoms with Gasteiger partial charge in [-0.05, 0) is 11.6 Å². The Kier molecular flexibility index (Phi) is 2.22. The van der Waals surface area contributed by atoms with Gasteiger partial charge in [-0.25, -0.2) is 0 Å². The van der Waals surface area contributed by atoms with E-state index in [0.29, 0.717) is 0 Å². The molecule has 100 valence electrons. The van der Waals surface area contributed by atoms with Crippen molar-refractivity contribution in [1.82, 2.24) is 0 Å². The number of ether oxygens (including phenoxy) is 2. The Hall–Kier alpha value is -2.29. The van der Waals surface area contributed by atoms with Crippen LogP contribution in [0, 0.1) is 0 Å². The third-order valence-electron chi connectivity index (χ3n) is 4.40. The first-order valence-corrected chi connectivity index (χ1v) is 6.69. The van der Waals surface area contributed by atoms with E-state index in [-0.39, 0.29) is 18.0 Å². The topological polar surface area (TPSA) is 35.5 Å². The Morgan fingerprint density at radius 2 is 1.80 bits per heavy atom. The maximum absolute atomic E-state index is 12.4. The minimum Gasteiger partial charge on any atom is -0.488 e. The molecule has 3 heteroatoms. The van der Waals surface area contributed by atoms with Crippen molar-refractivity contribution in [3.63, 3.8) is 0 Å². The van der Waals surface area contributed by atoms with E-state index < -0.39 is 5.41 Å². The highest BCUT2D eigenvalue weighted by Crippen LogP contribution is 2.68. The zero-order valence-corrected chi connectivity index (χ0v) is 11.1. The molecule has 0 saturated heterocycles. The molecule has 20 heavy (non-hydrogen) atoms. The summed E-state index contributed by atoms with van der Waals surface area (Å²) in [5, 5.41) is 0. The first kappa shape index (κ1) is 11.5. The Balaban J connectivity index is 1.86. The van der Waals surface area contributed by atoms with E-state index in [2.05, 4.69) is 0 Å². The number of carbonyl (C=O) groups excluding carboxylic acids is 1. The highest BCUT2D eigenvalue weighted by atomic mass is 16.5. The Morgan fingerprint density at radius 3 is 2.55 bits per heavy atom. The SMILES string of the molecule is COC(=O)[C@@]12c3ccccc3O[C@@H]1[C@H]2c1ccccc1. The Labute approximate surface area is 117 Å². The molecule has 0 aromatic heterocycles. The van der Waals surface area contributed by atoms with Gasteiger partial charge in [-0.1, -0.05) is 48.5 Å². The molecule has 1 saturated carbocycles. The van der Waals surface area contributed by atoms with Gasteiger partial charge in [-0.15, -0.1) is 0 Å². The number of esters is 1. The summed E-state index contributed by atoms with van der Waals surface area (Å²) in [7, 11) is 1.44. The smallest absolute Gasteiger partial charge is 0.321 e. The van der Waals surface area contributed by atoms with Gasteiger partial charge in [0.1, 0.15) is 17.3 Å². The van der Waals surface area contributed by atoms with Gasteiger partial charge in [0.25, 0.3) is 0 Å². The lowest BCUT2D eigenvalue weighted by molar-refractivity contribution is -0.144. The number of hydrogen-bond donors (Lipinski definition) is 0. The molecule has 1 fully saturated rings. The van der Waals surface area contributed by atoms with Gasteiger partial charge >= 0.3 is 5.97 Å². The summed E-state index contributed by atoms with van der Waals surface area (Å²) in [5.74, 6) is 0.641. The van der Waals surface area contributed by atoms with Gasteiger partial charge in [-0.2, -0.15) is 0 Å². The molecule has 0 bridgehead atoms. The van der Waals surface area contributed by atoms with Crippen LogP contribution in [0.15, 0.2) is 54.6 Å². The third kappa shape index (κ3) is 1.22. The third-order valence-corrected chi connectivity index (χ3v) is 4.40. The lowest BCUT2D eigenvalue weighted by Gasteiger charge is -2.14. The highest BCUT2D eigenvalue weighted by molar-refractivity contribution is 5.93. The molecular weight excluding hydrogens is 252 g/mol. The van der Waals surface area contributed by atoms with Crippen molar-refractivity contribution < 1.29 is 14.3 Å². The molecular formula is C17H14O3. The van der Waals surface area contributed by atoms with E-state index in [1.165, 1.54) is 7.11 Å². The molecule has 0 radical (unpaired) electrons. The van der Waals surface area contributed by atoms with Crippen molar-refractivity contribution in [3.8, 4) is 5.75 Å². The number of benzene rings is 2. The average Bonchev–Trinajstić information content (AvgIpc) is 3.05. The van der Waals surface area contributed by atoms with Crippen LogP contribution in [-0.2, 0) is 14.9 Å². The van der Waals surface area contributed by atoms with Crippen LogP contribution in [0.2, 0.25) is 0 Å². The van der Waals surface area contributed by atoms with Crippen LogP contribution in [0.3, 0.4) is 0 Å². The Morgan fingerprint density at radius 1 is 1.10 bits per heavy atom. The molecule has 3 atom stereocenters. The number of fused-ring (bicyclic) bond motifs is 3. The van der Waals surface area contributed by atoms with E-state index in [1.807, 2.05) is 54.6 Å². The first-order valence-electron chi connectivity index (χ1n) is 6.69. The summed E-state index contributed by atoms with van der Waals surface area (Å²) in [6.07, 6.45) is -0.144. The van der Waals surface area contributed by atoms with Crippen molar-refractivity contribution >= 4 is 5.97 Å². The molecule has 2 aromatic carbocycles. The number of carbonyl (C=O) groups is 1. The first-order chi connectivity index (χ1) is 9.80. The van der Waals surface area contributed by atoms with Crippen molar-refractivity contribution in [1.29, 1.82) is 0 Å². The molecule has 0 amide bonds. The predicted molar refractivity (Wildman–Crippen MR) is 73.7 cm³/mol. The van der Waals surface area contributed by atoms with Crippen LogP contribution in [-0.4, -0.2) is 19.2 Å². The summed E-state index contributed by atoms with van der Waals surface area (Å²) in [6, 6.07) is 17.8. The molecule has 0 spiro atoms. The fourth-order valence-electron chi connectivity index (χ4n) is 3.51. The minimum atomic E-state index is -0.660. The second kappa shape index (κ2) is 3.85. The molecule has 0 N–H and O–H groups in total. The van der Waals surface area contributed by atoms with Gasteiger partial charge in [0, 0.05) is 11.5 Å². The maximum atomic E-state index is 12.4. The van der Waals surface area contributed by atoms with Gasteiger partial charge in [0.05, 0.1) is 7.11 Å². The second-order valence-corrected chi connectivity index (χ2v) is 5.28. The minimum absolute atomic E-state index is 0.0473. The molecule has 1 aliphatic carbocycles. The summed E-state index contributed by atoms with van der Waals surface area (Å²) in [5.41, 5.74) is 1.41. The van der Waals surface area contributed by atoms with Crippen LogP contribution in [0.5, 0.6) is 5.75 Å². The van der Waals surface area contributed by atoms with Gasteiger partial charge in [-0.3, -0.25) is 4.79 Å².